The summed E-state index contributed by atoms with van der Waals surface area (Å²) in [5.41, 5.74) is -0.259. The van der Waals surface area contributed by atoms with E-state index in [1.54, 1.807) is 0 Å². The van der Waals surface area contributed by atoms with Gasteiger partial charge in [-0.2, -0.15) is 26.0 Å². The maximum Gasteiger partial charge on any atom is 0.377 e. The first-order valence-corrected chi connectivity index (χ1v) is 7.23. The van der Waals surface area contributed by atoms with Crippen LogP contribution in [0.25, 0.3) is 0 Å². The summed E-state index contributed by atoms with van der Waals surface area (Å²) in [4.78, 5) is 22.4. The van der Waals surface area contributed by atoms with Crippen molar-refractivity contribution in [2.45, 2.75) is 44.0 Å². The Hall–Kier alpha value is -1.49. The molecule has 0 aromatic heterocycles. The number of alkyl halides is 4. The van der Waals surface area contributed by atoms with E-state index in [2.05, 4.69) is 11.3 Å². The highest BCUT2D eigenvalue weighted by Gasteiger charge is 2.55. The van der Waals surface area contributed by atoms with Crippen molar-refractivity contribution in [3.63, 3.8) is 0 Å². The number of carbonyl (C=O) groups is 2. The Morgan fingerprint density at radius 2 is 1.73 bits per heavy atom. The molecule has 1 unspecified atom stereocenters. The van der Waals surface area contributed by atoms with Gasteiger partial charge in [-0.1, -0.05) is 13.5 Å². The zero-order chi connectivity index (χ0) is 17.9. The van der Waals surface area contributed by atoms with Gasteiger partial charge in [-0.05, 0) is 13.3 Å². The standard InChI is InChI=1S/C11H14F4O6S/c1-4-8(21-9(17)6(2)3)11(14,15)7(16)5-10(12,13)22(18,19)20/h8H,2,4-5H2,1,3H3,(H,18,19,20). The topological polar surface area (TPSA) is 97.7 Å². The third-order valence-electron chi connectivity index (χ3n) is 2.49. The maximum atomic E-state index is 13.8. The number of ether oxygens (including phenoxy) is 1. The number of carbonyl (C=O) groups excluding carboxylic acids is 2. The van der Waals surface area contributed by atoms with Gasteiger partial charge in [0.05, 0.1) is 6.42 Å². The highest BCUT2D eigenvalue weighted by atomic mass is 32.2. The summed E-state index contributed by atoms with van der Waals surface area (Å²) in [5, 5.41) is -5.08. The van der Waals surface area contributed by atoms with Crippen molar-refractivity contribution in [3.05, 3.63) is 12.2 Å². The molecule has 128 valence electrons. The number of hydrogen-bond acceptors (Lipinski definition) is 5. The van der Waals surface area contributed by atoms with Gasteiger partial charge in [-0.25, -0.2) is 4.79 Å². The molecule has 0 heterocycles. The van der Waals surface area contributed by atoms with Crippen LogP contribution in [0.5, 0.6) is 0 Å². The molecule has 1 N–H and O–H groups in total. The number of esters is 1. The summed E-state index contributed by atoms with van der Waals surface area (Å²) in [6.07, 6.45) is -5.43. The van der Waals surface area contributed by atoms with E-state index in [-0.39, 0.29) is 5.57 Å². The molecule has 0 spiro atoms. The minimum absolute atomic E-state index is 0.259. The summed E-state index contributed by atoms with van der Waals surface area (Å²) < 4.78 is 86.6. The summed E-state index contributed by atoms with van der Waals surface area (Å²) in [6.45, 7) is 5.36. The van der Waals surface area contributed by atoms with Crippen LogP contribution in [-0.4, -0.2) is 42.0 Å². The third-order valence-corrected chi connectivity index (χ3v) is 3.39. The summed E-state index contributed by atoms with van der Waals surface area (Å²) >= 11 is 0. The van der Waals surface area contributed by atoms with E-state index in [9.17, 15) is 35.6 Å². The van der Waals surface area contributed by atoms with Crippen LogP contribution < -0.4 is 0 Å². The van der Waals surface area contributed by atoms with Crippen LogP contribution in [0.1, 0.15) is 26.7 Å². The summed E-state index contributed by atoms with van der Waals surface area (Å²) in [6, 6.07) is 0. The van der Waals surface area contributed by atoms with Gasteiger partial charge in [0, 0.05) is 5.57 Å². The molecule has 0 saturated heterocycles. The van der Waals surface area contributed by atoms with Crippen molar-refractivity contribution in [1.82, 2.24) is 0 Å². The first-order chi connectivity index (χ1) is 9.66. The van der Waals surface area contributed by atoms with E-state index in [1.165, 1.54) is 0 Å². The van der Waals surface area contributed by atoms with Crippen molar-refractivity contribution >= 4 is 21.9 Å². The van der Waals surface area contributed by atoms with E-state index < -0.39 is 52.0 Å². The minimum Gasteiger partial charge on any atom is -0.452 e. The van der Waals surface area contributed by atoms with Gasteiger partial charge in [-0.15, -0.1) is 0 Å². The highest BCUT2D eigenvalue weighted by Crippen LogP contribution is 2.33. The average Bonchev–Trinajstić information content (AvgIpc) is 2.32. The molecule has 0 aliphatic rings. The van der Waals surface area contributed by atoms with E-state index in [4.69, 9.17) is 4.55 Å². The molecule has 0 aromatic rings. The van der Waals surface area contributed by atoms with Crippen LogP contribution in [0.3, 0.4) is 0 Å². The van der Waals surface area contributed by atoms with E-state index in [0.29, 0.717) is 0 Å². The Morgan fingerprint density at radius 3 is 2.05 bits per heavy atom. The fourth-order valence-electron chi connectivity index (χ4n) is 1.22. The Labute approximate surface area is 123 Å². The number of ketones is 1. The molecule has 0 aromatic carbocycles. The number of Topliss-reactive ketones (excluding diaryl/α,β-unsaturated/α-hetero) is 1. The monoisotopic (exact) mass is 350 g/mol. The predicted octanol–water partition coefficient (Wildman–Crippen LogP) is 1.96. The molecule has 0 bridgehead atoms. The molecular formula is C11H14F4O6S. The molecule has 0 rings (SSSR count). The molecule has 0 radical (unpaired) electrons. The second-order valence-corrected chi connectivity index (χ2v) is 5.97. The van der Waals surface area contributed by atoms with Gasteiger partial charge in [-0.3, -0.25) is 9.35 Å². The smallest absolute Gasteiger partial charge is 0.377 e. The number of halogens is 4. The van der Waals surface area contributed by atoms with Crippen LogP contribution in [0, 0.1) is 0 Å². The fraction of sp³-hybridized carbons (Fsp3) is 0.636. The lowest BCUT2D eigenvalue weighted by atomic mass is 10.0. The number of rotatable bonds is 8. The predicted molar refractivity (Wildman–Crippen MR) is 66.1 cm³/mol. The Bertz CT molecular complexity index is 569. The molecule has 0 fully saturated rings. The van der Waals surface area contributed by atoms with E-state index in [1.807, 2.05) is 0 Å². The number of hydrogen-bond donors (Lipinski definition) is 1. The Morgan fingerprint density at radius 1 is 1.27 bits per heavy atom. The van der Waals surface area contributed by atoms with Crippen molar-refractivity contribution in [2.75, 3.05) is 0 Å². The highest BCUT2D eigenvalue weighted by molar-refractivity contribution is 7.86. The third kappa shape index (κ3) is 4.77. The average molecular weight is 350 g/mol. The molecule has 0 aliphatic heterocycles. The van der Waals surface area contributed by atoms with Crippen LogP contribution in [0.15, 0.2) is 12.2 Å². The van der Waals surface area contributed by atoms with E-state index in [0.717, 1.165) is 13.8 Å². The molecule has 1 atom stereocenters. The zero-order valence-corrected chi connectivity index (χ0v) is 12.4. The normalized spacial score (nSPS) is 14.3. The van der Waals surface area contributed by atoms with Crippen molar-refractivity contribution < 1.29 is 44.9 Å². The Kier molecular flexibility index (Phi) is 6.28. The lowest BCUT2D eigenvalue weighted by Gasteiger charge is -2.25. The van der Waals surface area contributed by atoms with Crippen LogP contribution in [0.2, 0.25) is 0 Å². The molecule has 0 amide bonds. The molecule has 0 saturated carbocycles. The first kappa shape index (κ1) is 20.5. The lowest BCUT2D eigenvalue weighted by Crippen LogP contribution is -2.47. The van der Waals surface area contributed by atoms with Crippen molar-refractivity contribution in [2.24, 2.45) is 0 Å². The van der Waals surface area contributed by atoms with Gasteiger partial charge in [0.25, 0.3) is 0 Å². The maximum absolute atomic E-state index is 13.8. The van der Waals surface area contributed by atoms with Gasteiger partial charge in [0.2, 0.25) is 5.78 Å². The molecule has 11 heteroatoms. The van der Waals surface area contributed by atoms with Crippen LogP contribution in [-0.2, 0) is 24.4 Å². The van der Waals surface area contributed by atoms with Gasteiger partial charge >= 0.3 is 27.3 Å². The zero-order valence-electron chi connectivity index (χ0n) is 11.6. The van der Waals surface area contributed by atoms with Crippen LogP contribution >= 0.6 is 0 Å². The minimum atomic E-state index is -6.04. The lowest BCUT2D eigenvalue weighted by molar-refractivity contribution is -0.180. The second kappa shape index (κ2) is 6.73. The molecule has 22 heavy (non-hydrogen) atoms. The molecular weight excluding hydrogens is 336 g/mol. The quantitative estimate of drug-likeness (QED) is 0.311. The van der Waals surface area contributed by atoms with Gasteiger partial charge in [0.1, 0.15) is 0 Å². The SMILES string of the molecule is C=C(C)C(=O)OC(CC)C(F)(F)C(=O)CC(F)(F)S(=O)(=O)O. The molecule has 0 aliphatic carbocycles. The first-order valence-electron chi connectivity index (χ1n) is 5.79. The second-order valence-electron chi connectivity index (χ2n) is 4.42. The summed E-state index contributed by atoms with van der Waals surface area (Å²) in [5.74, 6) is -8.31. The Balaban J connectivity index is 5.31. The molecule has 6 nitrogen and oxygen atoms in total. The largest absolute Gasteiger partial charge is 0.452 e. The van der Waals surface area contributed by atoms with Crippen molar-refractivity contribution in [1.29, 1.82) is 0 Å². The van der Waals surface area contributed by atoms with Crippen LogP contribution in [0.4, 0.5) is 17.6 Å². The van der Waals surface area contributed by atoms with Crippen molar-refractivity contribution in [3.8, 4) is 0 Å². The van der Waals surface area contributed by atoms with Gasteiger partial charge in [0.15, 0.2) is 6.10 Å². The van der Waals surface area contributed by atoms with Gasteiger partial charge < -0.3 is 4.74 Å². The summed E-state index contributed by atoms with van der Waals surface area (Å²) in [7, 11) is -6.04. The fourth-order valence-corrected chi connectivity index (χ4v) is 1.53. The van der Waals surface area contributed by atoms with E-state index >= 15 is 0 Å².